The van der Waals surface area contributed by atoms with Gasteiger partial charge in [0.25, 0.3) is 0 Å². The van der Waals surface area contributed by atoms with Crippen LogP contribution in [-0.4, -0.2) is 19.6 Å². The van der Waals surface area contributed by atoms with E-state index in [2.05, 4.69) is 255 Å². The topological polar surface area (TPSA) is 50.9 Å². The summed E-state index contributed by atoms with van der Waals surface area (Å²) in [7, 11) is 0. The van der Waals surface area contributed by atoms with E-state index in [0.29, 0.717) is 5.82 Å². The van der Waals surface area contributed by atoms with E-state index < -0.39 is 0 Å². The van der Waals surface area contributed by atoms with Gasteiger partial charge in [-0.25, -0.2) is 4.98 Å². The highest BCUT2D eigenvalue weighted by atomic mass is 16.3. The number of hydrogen-bond donors (Lipinski definition) is 1. The number of phenols is 1. The number of aromatic hydroxyl groups is 1. The van der Waals surface area contributed by atoms with Gasteiger partial charge in [-0.15, -0.1) is 0 Å². The Kier molecular flexibility index (Phi) is 11.7. The monoisotopic (exact) mass is 962 g/mol. The lowest BCUT2D eigenvalue weighted by Gasteiger charge is -2.42. The van der Waals surface area contributed by atoms with E-state index >= 15 is 0 Å². The number of nitrogens with zero attached hydrogens (tertiary/aromatic N) is 3. The maximum absolute atomic E-state index is 12.7. The summed E-state index contributed by atoms with van der Waals surface area (Å²) >= 11 is 0. The third kappa shape index (κ3) is 9.00. The van der Waals surface area contributed by atoms with E-state index in [1.165, 1.54) is 38.6 Å². The second-order valence-corrected chi connectivity index (χ2v) is 26.6. The average molecular weight is 962 g/mol. The van der Waals surface area contributed by atoms with Crippen molar-refractivity contribution in [2.75, 3.05) is 0 Å². The van der Waals surface area contributed by atoms with Crippen molar-refractivity contribution in [3.63, 3.8) is 0 Å². The smallest absolute Gasteiger partial charge is 0.149 e. The molecule has 0 fully saturated rings. The van der Waals surface area contributed by atoms with Crippen LogP contribution >= 0.6 is 0 Å². The summed E-state index contributed by atoms with van der Waals surface area (Å²) in [5.41, 5.74) is 18.9. The second-order valence-electron chi connectivity index (χ2n) is 26.6. The molecule has 73 heavy (non-hydrogen) atoms. The minimum Gasteiger partial charge on any atom is -0.507 e. The third-order valence-electron chi connectivity index (χ3n) is 15.7. The number of phenolic OH excluding ortho intramolecular Hbond substituents is 1. The van der Waals surface area contributed by atoms with Gasteiger partial charge in [-0.1, -0.05) is 190 Å². The normalized spacial score (nSPS) is 14.8. The average Bonchev–Trinajstić information content (AvgIpc) is 3.71. The fraction of sp³-hybridized carbons (Fsp3) is 0.333. The first-order valence-corrected chi connectivity index (χ1v) is 26.4. The lowest BCUT2D eigenvalue weighted by molar-refractivity contribution is 0.341. The summed E-state index contributed by atoms with van der Waals surface area (Å²) in [6, 6.07) is 51.6. The molecule has 0 atom stereocenters. The van der Waals surface area contributed by atoms with E-state index in [4.69, 9.17) is 9.97 Å². The lowest BCUT2D eigenvalue weighted by atomic mass is 9.61. The van der Waals surface area contributed by atoms with E-state index in [9.17, 15) is 5.11 Å². The van der Waals surface area contributed by atoms with Crippen molar-refractivity contribution in [1.29, 1.82) is 0 Å². The molecular weight excluding hydrogens is 887 g/mol. The van der Waals surface area contributed by atoms with E-state index in [1.54, 1.807) is 0 Å². The van der Waals surface area contributed by atoms with Crippen molar-refractivity contribution >= 4 is 21.8 Å². The number of fused-ring (bicyclic) bond motifs is 1. The van der Waals surface area contributed by atoms with E-state index in [0.717, 1.165) is 78.9 Å². The number of para-hydroxylation sites is 1. The van der Waals surface area contributed by atoms with Gasteiger partial charge >= 0.3 is 0 Å². The molecule has 0 saturated carbocycles. The fourth-order valence-corrected chi connectivity index (χ4v) is 11.7. The zero-order chi connectivity index (χ0) is 52.4. The van der Waals surface area contributed by atoms with Crippen molar-refractivity contribution in [1.82, 2.24) is 14.5 Å². The van der Waals surface area contributed by atoms with Crippen LogP contribution < -0.4 is 0 Å². The van der Waals surface area contributed by atoms with Crippen LogP contribution in [0.2, 0.25) is 0 Å². The standard InChI is InChI=1S/C69H75N3O/c1-64(2,3)48-28-29-58(52(38-48)42-22-18-17-19-23-42)72-59-27-21-25-51(61(59)71-63(72)53-39-50(66(7,8)9)40-56(62(53)73)67(10,11)12)46-33-47(35-49(34-46)65(4,5)6)57-37-43(30-31-70-57)45-32-44-24-20-26-54-60(44)55(36-45)69(15,16)41-68(54,13)14/h17-40,73H,41H2,1-16H3. The Morgan fingerprint density at radius 1 is 0.479 bits per heavy atom. The van der Waals surface area contributed by atoms with Crippen molar-refractivity contribution in [3.8, 4) is 67.5 Å². The molecule has 2 aromatic heterocycles. The Bertz CT molecular complexity index is 3630. The molecule has 1 N–H and O–H groups in total. The predicted octanol–water partition coefficient (Wildman–Crippen LogP) is 18.8. The number of imidazole rings is 1. The quantitative estimate of drug-likeness (QED) is 0.181. The zero-order valence-electron chi connectivity index (χ0n) is 46.4. The first-order valence-electron chi connectivity index (χ1n) is 26.4. The van der Waals surface area contributed by atoms with Crippen LogP contribution in [0.3, 0.4) is 0 Å². The Labute approximate surface area is 435 Å². The lowest BCUT2D eigenvalue weighted by Crippen LogP contribution is -2.34. The van der Waals surface area contributed by atoms with E-state index in [1.807, 2.05) is 6.20 Å². The first kappa shape index (κ1) is 49.8. The molecule has 7 aromatic carbocycles. The van der Waals surface area contributed by atoms with Gasteiger partial charge in [0.15, 0.2) is 0 Å². The van der Waals surface area contributed by atoms with Crippen LogP contribution in [0.25, 0.3) is 83.5 Å². The fourth-order valence-electron chi connectivity index (χ4n) is 11.7. The largest absolute Gasteiger partial charge is 0.507 e. The molecule has 0 saturated heterocycles. The van der Waals surface area contributed by atoms with Gasteiger partial charge in [-0.3, -0.25) is 9.55 Å². The van der Waals surface area contributed by atoms with Crippen molar-refractivity contribution in [3.05, 3.63) is 179 Å². The van der Waals surface area contributed by atoms with Crippen LogP contribution in [0.1, 0.15) is 151 Å². The third-order valence-corrected chi connectivity index (χ3v) is 15.7. The molecule has 4 nitrogen and oxygen atoms in total. The number of pyridine rings is 1. The molecule has 9 aromatic rings. The molecule has 372 valence electrons. The summed E-state index contributed by atoms with van der Waals surface area (Å²) in [5, 5.41) is 15.4. The first-order chi connectivity index (χ1) is 34.1. The molecule has 2 heterocycles. The van der Waals surface area contributed by atoms with Gasteiger partial charge in [0, 0.05) is 28.5 Å². The zero-order valence-corrected chi connectivity index (χ0v) is 46.4. The van der Waals surface area contributed by atoms with Crippen LogP contribution in [0.4, 0.5) is 0 Å². The summed E-state index contributed by atoms with van der Waals surface area (Å²) in [4.78, 5) is 10.9. The summed E-state index contributed by atoms with van der Waals surface area (Å²) in [6.07, 6.45) is 3.06. The van der Waals surface area contributed by atoms with Gasteiger partial charge in [0.1, 0.15) is 11.6 Å². The predicted molar refractivity (Wildman–Crippen MR) is 311 cm³/mol. The molecule has 0 unspecified atom stereocenters. The molecule has 1 aliphatic rings. The maximum Gasteiger partial charge on any atom is 0.149 e. The maximum atomic E-state index is 12.7. The van der Waals surface area contributed by atoms with Crippen LogP contribution in [-0.2, 0) is 32.5 Å². The Morgan fingerprint density at radius 3 is 1.81 bits per heavy atom. The number of hydrogen-bond acceptors (Lipinski definition) is 3. The summed E-state index contributed by atoms with van der Waals surface area (Å²) in [5.74, 6) is 0.963. The van der Waals surface area contributed by atoms with Gasteiger partial charge in [-0.05, 0) is 160 Å². The Hall–Kier alpha value is -6.78. The summed E-state index contributed by atoms with van der Waals surface area (Å²) < 4.78 is 2.31. The minimum atomic E-state index is -0.330. The molecule has 4 heteroatoms. The molecule has 0 amide bonds. The highest BCUT2D eigenvalue weighted by Gasteiger charge is 2.39. The molecule has 0 aliphatic heterocycles. The molecule has 0 radical (unpaired) electrons. The molecule has 10 rings (SSSR count). The second kappa shape index (κ2) is 17.2. The molecule has 0 spiro atoms. The minimum absolute atomic E-state index is 0.0216. The molecule has 0 bridgehead atoms. The summed E-state index contributed by atoms with van der Waals surface area (Å²) in [6.45, 7) is 36.6. The van der Waals surface area contributed by atoms with Crippen molar-refractivity contribution < 1.29 is 5.11 Å². The van der Waals surface area contributed by atoms with Crippen molar-refractivity contribution in [2.45, 2.75) is 150 Å². The van der Waals surface area contributed by atoms with Crippen LogP contribution in [0.5, 0.6) is 5.75 Å². The molecular formula is C69H75N3O. The van der Waals surface area contributed by atoms with Crippen LogP contribution in [0, 0.1) is 0 Å². The molecule has 1 aliphatic carbocycles. The highest BCUT2D eigenvalue weighted by molar-refractivity contribution is 5.99. The van der Waals surface area contributed by atoms with Gasteiger partial charge in [-0.2, -0.15) is 0 Å². The number of aromatic nitrogens is 3. The van der Waals surface area contributed by atoms with E-state index in [-0.39, 0.29) is 38.2 Å². The van der Waals surface area contributed by atoms with Crippen molar-refractivity contribution in [2.24, 2.45) is 0 Å². The van der Waals surface area contributed by atoms with Gasteiger partial charge in [0.05, 0.1) is 28.0 Å². The Balaban J connectivity index is 1.22. The number of rotatable bonds is 6. The van der Waals surface area contributed by atoms with Crippen LogP contribution in [0.15, 0.2) is 146 Å². The highest BCUT2D eigenvalue weighted by Crippen LogP contribution is 2.51. The van der Waals surface area contributed by atoms with Gasteiger partial charge in [0.2, 0.25) is 0 Å². The Morgan fingerprint density at radius 2 is 1.12 bits per heavy atom. The number of benzene rings is 7. The van der Waals surface area contributed by atoms with Gasteiger partial charge < -0.3 is 5.11 Å². The SMILES string of the molecule is CC(C)(C)c1cc(-c2cc(-c3cc4c5c(cccc5c3)C(C)(C)CC4(C)C)ccn2)cc(-c2cccc3c2nc(-c2cc(C(C)(C)C)cc(C(C)(C)C)c2O)n3-c2ccc(C(C)(C)C)cc2-c2ccccc2)c1.